The van der Waals surface area contributed by atoms with Crippen molar-refractivity contribution in [1.29, 1.82) is 0 Å². The number of nitrogens with zero attached hydrogens (tertiary/aromatic N) is 2. The van der Waals surface area contributed by atoms with Crippen LogP contribution in [-0.4, -0.2) is 49.5 Å². The molecule has 2 saturated heterocycles. The molecule has 0 saturated carbocycles. The van der Waals surface area contributed by atoms with Gasteiger partial charge in [-0.2, -0.15) is 8.42 Å². The number of hydrogen-bond donors (Lipinski definition) is 2. The van der Waals surface area contributed by atoms with Crippen molar-refractivity contribution in [2.24, 2.45) is 5.92 Å². The van der Waals surface area contributed by atoms with Crippen molar-refractivity contribution in [2.75, 3.05) is 23.9 Å². The summed E-state index contributed by atoms with van der Waals surface area (Å²) >= 11 is 0. The molecule has 0 spiro atoms. The van der Waals surface area contributed by atoms with E-state index >= 15 is 0 Å². The second-order valence-corrected chi connectivity index (χ2v) is 9.55. The molecular formula is C17H24FN3O4S. The molecule has 7 nitrogen and oxygen atoms in total. The van der Waals surface area contributed by atoms with Crippen LogP contribution in [-0.2, 0) is 21.4 Å². The van der Waals surface area contributed by atoms with Gasteiger partial charge in [0, 0.05) is 12.1 Å². The van der Waals surface area contributed by atoms with E-state index in [0.717, 1.165) is 19.5 Å². The van der Waals surface area contributed by atoms with E-state index < -0.39 is 39.9 Å². The molecular weight excluding hydrogens is 361 g/mol. The molecule has 2 heterocycles. The van der Waals surface area contributed by atoms with Gasteiger partial charge in [-0.3, -0.25) is 9.69 Å². The fourth-order valence-corrected chi connectivity index (χ4v) is 4.76. The highest BCUT2D eigenvalue weighted by atomic mass is 32.2. The van der Waals surface area contributed by atoms with E-state index in [1.54, 1.807) is 4.72 Å². The van der Waals surface area contributed by atoms with Gasteiger partial charge < -0.3 is 5.11 Å². The predicted octanol–water partition coefficient (Wildman–Crippen LogP) is 1.38. The predicted molar refractivity (Wildman–Crippen MR) is 95.6 cm³/mol. The molecule has 1 amide bonds. The van der Waals surface area contributed by atoms with Crippen molar-refractivity contribution >= 4 is 21.8 Å². The van der Waals surface area contributed by atoms with Crippen LogP contribution in [0.25, 0.3) is 0 Å². The average molecular weight is 385 g/mol. The first-order chi connectivity index (χ1) is 12.0. The third-order valence-electron chi connectivity index (χ3n) is 4.93. The Bertz CT molecular complexity index is 812. The number of benzene rings is 1. The van der Waals surface area contributed by atoms with Crippen LogP contribution in [0.5, 0.6) is 5.75 Å². The number of likely N-dealkylation sites (tertiary alicyclic amines) is 1. The Morgan fingerprint density at radius 3 is 2.54 bits per heavy atom. The second kappa shape index (κ2) is 6.38. The lowest BCUT2D eigenvalue weighted by Gasteiger charge is -2.31. The molecule has 1 unspecified atom stereocenters. The maximum Gasteiger partial charge on any atom is 0.326 e. The van der Waals surface area contributed by atoms with Crippen LogP contribution in [0.2, 0.25) is 0 Å². The normalized spacial score (nSPS) is 23.5. The van der Waals surface area contributed by atoms with Crippen LogP contribution in [0.1, 0.15) is 32.8 Å². The van der Waals surface area contributed by atoms with Gasteiger partial charge in [-0.25, -0.2) is 13.4 Å². The SMILES string of the molecule is CC(C)(C)N1CCC(Cc2cc(O)c(N3CC(=O)NS3(=O)=O)c(F)c2)C1. The van der Waals surface area contributed by atoms with Gasteiger partial charge in [-0.05, 0) is 63.8 Å². The monoisotopic (exact) mass is 385 g/mol. The number of hydrogen-bond acceptors (Lipinski definition) is 5. The molecule has 26 heavy (non-hydrogen) atoms. The Morgan fingerprint density at radius 1 is 1.35 bits per heavy atom. The number of phenols is 1. The van der Waals surface area contributed by atoms with Crippen molar-refractivity contribution in [3.05, 3.63) is 23.5 Å². The summed E-state index contributed by atoms with van der Waals surface area (Å²) in [5, 5.41) is 10.2. The Morgan fingerprint density at radius 2 is 2.04 bits per heavy atom. The number of amides is 1. The summed E-state index contributed by atoms with van der Waals surface area (Å²) in [5.41, 5.74) is 0.200. The quantitative estimate of drug-likeness (QED) is 0.820. The van der Waals surface area contributed by atoms with E-state index in [-0.39, 0.29) is 5.54 Å². The molecule has 2 aliphatic rings. The Balaban J connectivity index is 1.80. The van der Waals surface area contributed by atoms with Gasteiger partial charge in [-0.15, -0.1) is 0 Å². The largest absolute Gasteiger partial charge is 0.506 e. The number of carbonyl (C=O) groups excluding carboxylic acids is 1. The molecule has 0 bridgehead atoms. The van der Waals surface area contributed by atoms with Gasteiger partial charge >= 0.3 is 10.2 Å². The maximum absolute atomic E-state index is 14.6. The molecule has 0 aliphatic carbocycles. The van der Waals surface area contributed by atoms with Crippen LogP contribution in [0, 0.1) is 11.7 Å². The molecule has 9 heteroatoms. The Hall–Kier alpha value is -1.87. The summed E-state index contributed by atoms with van der Waals surface area (Å²) < 4.78 is 40.6. The standard InChI is InChI=1S/C17H24FN3O4S/c1-17(2,3)20-5-4-11(9-20)6-12-7-13(18)16(14(22)8-12)21-10-15(23)19-26(21,24)25/h7-8,11,22H,4-6,9-10H2,1-3H3,(H,19,23). The zero-order chi connectivity index (χ0) is 19.3. The van der Waals surface area contributed by atoms with Gasteiger partial charge in [-0.1, -0.05) is 0 Å². The van der Waals surface area contributed by atoms with Crippen molar-refractivity contribution in [3.8, 4) is 5.75 Å². The summed E-state index contributed by atoms with van der Waals surface area (Å²) in [6.07, 6.45) is 1.58. The lowest BCUT2D eigenvalue weighted by molar-refractivity contribution is -0.117. The molecule has 2 aliphatic heterocycles. The van der Waals surface area contributed by atoms with Crippen LogP contribution >= 0.6 is 0 Å². The van der Waals surface area contributed by atoms with Crippen molar-refractivity contribution < 1.29 is 22.7 Å². The first-order valence-corrected chi connectivity index (χ1v) is 10.0. The second-order valence-electron chi connectivity index (χ2n) is 7.96. The highest BCUT2D eigenvalue weighted by Gasteiger charge is 2.37. The molecule has 1 aromatic carbocycles. The first-order valence-electron chi connectivity index (χ1n) is 8.57. The maximum atomic E-state index is 14.6. The number of carbonyl (C=O) groups is 1. The van der Waals surface area contributed by atoms with Gasteiger partial charge in [0.05, 0.1) is 0 Å². The highest BCUT2D eigenvalue weighted by Crippen LogP contribution is 2.36. The smallest absolute Gasteiger partial charge is 0.326 e. The summed E-state index contributed by atoms with van der Waals surface area (Å²) in [7, 11) is -4.17. The minimum Gasteiger partial charge on any atom is -0.506 e. The van der Waals surface area contributed by atoms with E-state index in [9.17, 15) is 22.7 Å². The van der Waals surface area contributed by atoms with E-state index in [1.165, 1.54) is 12.1 Å². The van der Waals surface area contributed by atoms with E-state index in [0.29, 0.717) is 22.2 Å². The van der Waals surface area contributed by atoms with Crippen molar-refractivity contribution in [2.45, 2.75) is 39.2 Å². The number of phenolic OH excluding ortho intramolecular Hbond substituents is 1. The minimum absolute atomic E-state index is 0.0790. The lowest BCUT2D eigenvalue weighted by Crippen LogP contribution is -2.39. The number of halogens is 1. The number of aromatic hydroxyl groups is 1. The number of rotatable bonds is 3. The van der Waals surface area contributed by atoms with Crippen LogP contribution < -0.4 is 9.03 Å². The first kappa shape index (κ1) is 18.9. The van der Waals surface area contributed by atoms with Crippen molar-refractivity contribution in [3.63, 3.8) is 0 Å². The summed E-state index contributed by atoms with van der Waals surface area (Å²) in [5.74, 6) is -1.75. The number of nitrogens with one attached hydrogen (secondary N) is 1. The third kappa shape index (κ3) is 3.64. The van der Waals surface area contributed by atoms with Gasteiger partial charge in [0.15, 0.2) is 5.82 Å². The van der Waals surface area contributed by atoms with Crippen molar-refractivity contribution in [1.82, 2.24) is 9.62 Å². The summed E-state index contributed by atoms with van der Waals surface area (Å²) in [6, 6.07) is 2.63. The molecule has 1 atom stereocenters. The van der Waals surface area contributed by atoms with Gasteiger partial charge in [0.2, 0.25) is 0 Å². The molecule has 0 aromatic heterocycles. The van der Waals surface area contributed by atoms with E-state index in [4.69, 9.17) is 0 Å². The van der Waals surface area contributed by atoms with E-state index in [2.05, 4.69) is 25.7 Å². The zero-order valence-electron chi connectivity index (χ0n) is 15.1. The minimum atomic E-state index is -4.17. The summed E-state index contributed by atoms with van der Waals surface area (Å²) in [6.45, 7) is 7.78. The molecule has 2 fully saturated rings. The fraction of sp³-hybridized carbons (Fsp3) is 0.588. The Labute approximate surface area is 153 Å². The average Bonchev–Trinajstić information content (AvgIpc) is 3.02. The molecule has 0 radical (unpaired) electrons. The van der Waals surface area contributed by atoms with Gasteiger partial charge in [0.25, 0.3) is 5.91 Å². The highest BCUT2D eigenvalue weighted by molar-refractivity contribution is 7.92. The lowest BCUT2D eigenvalue weighted by atomic mass is 9.97. The molecule has 2 N–H and O–H groups in total. The van der Waals surface area contributed by atoms with Crippen LogP contribution in [0.4, 0.5) is 10.1 Å². The van der Waals surface area contributed by atoms with E-state index in [1.807, 2.05) is 0 Å². The van der Waals surface area contributed by atoms with Crippen LogP contribution in [0.3, 0.4) is 0 Å². The number of anilines is 1. The molecule has 144 valence electrons. The topological polar surface area (TPSA) is 89.9 Å². The van der Waals surface area contributed by atoms with Crippen LogP contribution in [0.15, 0.2) is 12.1 Å². The van der Waals surface area contributed by atoms with Gasteiger partial charge in [0.1, 0.15) is 18.0 Å². The zero-order valence-corrected chi connectivity index (χ0v) is 15.9. The fourth-order valence-electron chi connectivity index (χ4n) is 3.59. The molecule has 1 aromatic rings. The molecule has 3 rings (SSSR count). The third-order valence-corrected chi connectivity index (χ3v) is 6.31. The Kier molecular flexibility index (Phi) is 4.64. The summed E-state index contributed by atoms with van der Waals surface area (Å²) in [4.78, 5) is 13.7.